The fourth-order valence-electron chi connectivity index (χ4n) is 6.36. The monoisotopic (exact) mass is 573 g/mol. The van der Waals surface area contributed by atoms with Crippen molar-refractivity contribution in [2.45, 2.75) is 84.1 Å². The van der Waals surface area contributed by atoms with Crippen LogP contribution in [0.2, 0.25) is 0 Å². The van der Waals surface area contributed by atoms with Crippen molar-refractivity contribution in [3.63, 3.8) is 0 Å². The van der Waals surface area contributed by atoms with E-state index < -0.39 is 11.7 Å². The average molecular weight is 574 g/mol. The van der Waals surface area contributed by atoms with Gasteiger partial charge >= 0.3 is 6.18 Å². The Balaban J connectivity index is 1.62. The van der Waals surface area contributed by atoms with Crippen LogP contribution in [0.4, 0.5) is 13.2 Å². The molecule has 5 rings (SSSR count). The summed E-state index contributed by atoms with van der Waals surface area (Å²) in [5.74, 6) is 1.48. The molecule has 222 valence electrons. The smallest absolute Gasteiger partial charge is 0.326 e. The van der Waals surface area contributed by atoms with Gasteiger partial charge in [0.1, 0.15) is 5.82 Å². The van der Waals surface area contributed by atoms with E-state index in [0.29, 0.717) is 18.0 Å². The van der Waals surface area contributed by atoms with E-state index in [0.717, 1.165) is 60.3 Å². The average Bonchev–Trinajstić information content (AvgIpc) is 3.40. The first-order valence-corrected chi connectivity index (χ1v) is 15.5. The number of alkyl halides is 3. The van der Waals surface area contributed by atoms with Crippen LogP contribution in [0.1, 0.15) is 81.7 Å². The van der Waals surface area contributed by atoms with Crippen LogP contribution in [-0.2, 0) is 19.3 Å². The van der Waals surface area contributed by atoms with Gasteiger partial charge in [-0.05, 0) is 43.7 Å². The molecule has 0 bridgehead atoms. The van der Waals surface area contributed by atoms with Crippen LogP contribution in [0.15, 0.2) is 84.9 Å². The van der Waals surface area contributed by atoms with Crippen LogP contribution in [0, 0.1) is 5.92 Å². The van der Waals surface area contributed by atoms with Gasteiger partial charge in [-0.1, -0.05) is 111 Å². The molecule has 6 heteroatoms. The lowest BCUT2D eigenvalue weighted by Crippen LogP contribution is -2.34. The number of unbranched alkanes of at least 4 members (excludes halogenated alkanes) is 1. The second-order valence-corrected chi connectivity index (χ2v) is 11.7. The summed E-state index contributed by atoms with van der Waals surface area (Å²) in [6.07, 6.45) is 3.75. The quantitative estimate of drug-likeness (QED) is 0.178. The van der Waals surface area contributed by atoms with E-state index in [2.05, 4.69) is 47.6 Å². The fourth-order valence-corrected chi connectivity index (χ4v) is 6.36. The molecule has 1 aliphatic carbocycles. The first-order chi connectivity index (χ1) is 20.3. The second kappa shape index (κ2) is 13.7. The van der Waals surface area contributed by atoms with Crippen LogP contribution in [-0.4, -0.2) is 21.0 Å². The van der Waals surface area contributed by atoms with Crippen LogP contribution in [0.5, 0.6) is 0 Å². The van der Waals surface area contributed by atoms with E-state index in [1.807, 2.05) is 42.5 Å². The van der Waals surface area contributed by atoms with Gasteiger partial charge in [-0.25, -0.2) is 4.98 Å². The topological polar surface area (TPSA) is 21.1 Å². The number of rotatable bonds is 11. The molecule has 0 unspecified atom stereocenters. The zero-order valence-electron chi connectivity index (χ0n) is 24.8. The summed E-state index contributed by atoms with van der Waals surface area (Å²) in [6.45, 7) is 6.56. The van der Waals surface area contributed by atoms with Crippen molar-refractivity contribution < 1.29 is 13.2 Å². The summed E-state index contributed by atoms with van der Waals surface area (Å²) < 4.78 is 43.3. The first-order valence-electron chi connectivity index (χ1n) is 15.5. The Bertz CT molecular complexity index is 1410. The number of imidazole rings is 1. The number of nitrogens with zero attached hydrogens (tertiary/aromatic N) is 3. The Kier molecular flexibility index (Phi) is 9.84. The third kappa shape index (κ3) is 7.15. The second-order valence-electron chi connectivity index (χ2n) is 11.7. The molecule has 3 aromatic carbocycles. The molecule has 0 N–H and O–H groups in total. The standard InChI is InChI=1S/C36H42F3N3/c1-3-4-23-42-34(33(30-18-10-6-11-19-30)40-35(42)31-20-12-7-13-21-31)27(2)41(25-28-15-8-5-9-16-28)26-29-17-14-22-32(24-29)36(37,38)39/h6-7,10-14,17-22,24,27-28H,3-5,8-9,15-16,23,25-26H2,1-2H3/t27-/m1/s1. The zero-order chi connectivity index (χ0) is 29.5. The number of hydrogen-bond acceptors (Lipinski definition) is 2. The van der Waals surface area contributed by atoms with Crippen molar-refractivity contribution in [1.29, 1.82) is 0 Å². The van der Waals surface area contributed by atoms with Gasteiger partial charge in [-0.2, -0.15) is 13.2 Å². The fraction of sp³-hybridized carbons (Fsp3) is 0.417. The Morgan fingerprint density at radius 1 is 0.881 bits per heavy atom. The van der Waals surface area contributed by atoms with Crippen molar-refractivity contribution in [2.24, 2.45) is 5.92 Å². The van der Waals surface area contributed by atoms with E-state index >= 15 is 0 Å². The Hall–Kier alpha value is -3.38. The molecule has 4 aromatic rings. The molecular weight excluding hydrogens is 531 g/mol. The van der Waals surface area contributed by atoms with Crippen molar-refractivity contribution >= 4 is 0 Å². The number of hydrogen-bond donors (Lipinski definition) is 0. The molecule has 0 amide bonds. The molecule has 42 heavy (non-hydrogen) atoms. The van der Waals surface area contributed by atoms with Gasteiger partial charge in [-0.3, -0.25) is 4.90 Å². The molecule has 0 radical (unpaired) electrons. The van der Waals surface area contributed by atoms with Crippen LogP contribution < -0.4 is 0 Å². The van der Waals surface area contributed by atoms with E-state index in [9.17, 15) is 13.2 Å². The maximum absolute atomic E-state index is 13.7. The molecule has 0 spiro atoms. The molecule has 1 saturated carbocycles. The Labute approximate surface area is 248 Å². The molecule has 3 nitrogen and oxygen atoms in total. The van der Waals surface area contributed by atoms with Crippen molar-refractivity contribution in [2.75, 3.05) is 6.54 Å². The molecule has 1 atom stereocenters. The van der Waals surface area contributed by atoms with Gasteiger partial charge in [0.25, 0.3) is 0 Å². The maximum Gasteiger partial charge on any atom is 0.416 e. The van der Waals surface area contributed by atoms with Gasteiger partial charge in [0.2, 0.25) is 0 Å². The molecule has 0 aliphatic heterocycles. The van der Waals surface area contributed by atoms with E-state index in [4.69, 9.17) is 4.98 Å². The minimum absolute atomic E-state index is 0.0570. The lowest BCUT2D eigenvalue weighted by Gasteiger charge is -2.35. The minimum atomic E-state index is -4.36. The third-order valence-electron chi connectivity index (χ3n) is 8.62. The minimum Gasteiger partial charge on any atom is -0.326 e. The van der Waals surface area contributed by atoms with Gasteiger partial charge in [0.15, 0.2) is 0 Å². The van der Waals surface area contributed by atoms with E-state index in [-0.39, 0.29) is 6.04 Å². The van der Waals surface area contributed by atoms with Crippen LogP contribution in [0.3, 0.4) is 0 Å². The lowest BCUT2D eigenvalue weighted by molar-refractivity contribution is -0.137. The molecule has 1 heterocycles. The summed E-state index contributed by atoms with van der Waals surface area (Å²) in [5, 5.41) is 0. The Morgan fingerprint density at radius 3 is 2.19 bits per heavy atom. The van der Waals surface area contributed by atoms with Gasteiger partial charge < -0.3 is 4.57 Å². The summed E-state index contributed by atoms with van der Waals surface area (Å²) in [5.41, 5.74) is 4.32. The van der Waals surface area contributed by atoms with Crippen molar-refractivity contribution in [3.05, 3.63) is 102 Å². The molecule has 1 fully saturated rings. The molecule has 1 aliphatic rings. The largest absolute Gasteiger partial charge is 0.416 e. The highest BCUT2D eigenvalue weighted by Gasteiger charge is 2.32. The summed E-state index contributed by atoms with van der Waals surface area (Å²) >= 11 is 0. The summed E-state index contributed by atoms with van der Waals surface area (Å²) in [6, 6.07) is 26.4. The van der Waals surface area contributed by atoms with Crippen molar-refractivity contribution in [1.82, 2.24) is 14.5 Å². The Morgan fingerprint density at radius 2 is 1.55 bits per heavy atom. The van der Waals surface area contributed by atoms with E-state index in [1.54, 1.807) is 0 Å². The van der Waals surface area contributed by atoms with Crippen LogP contribution >= 0.6 is 0 Å². The van der Waals surface area contributed by atoms with Gasteiger partial charge in [0, 0.05) is 36.8 Å². The van der Waals surface area contributed by atoms with Crippen LogP contribution in [0.25, 0.3) is 22.6 Å². The highest BCUT2D eigenvalue weighted by molar-refractivity contribution is 5.69. The van der Waals surface area contributed by atoms with E-state index in [1.165, 1.54) is 44.2 Å². The highest BCUT2D eigenvalue weighted by atomic mass is 19.4. The lowest BCUT2D eigenvalue weighted by atomic mass is 9.88. The molecule has 0 saturated heterocycles. The van der Waals surface area contributed by atoms with Gasteiger partial charge in [0.05, 0.1) is 17.0 Å². The highest BCUT2D eigenvalue weighted by Crippen LogP contribution is 2.38. The van der Waals surface area contributed by atoms with Gasteiger partial charge in [-0.15, -0.1) is 0 Å². The summed E-state index contributed by atoms with van der Waals surface area (Å²) in [4.78, 5) is 7.70. The van der Waals surface area contributed by atoms with Crippen molar-refractivity contribution in [3.8, 4) is 22.6 Å². The summed E-state index contributed by atoms with van der Waals surface area (Å²) in [7, 11) is 0. The predicted octanol–water partition coefficient (Wildman–Crippen LogP) is 10.2. The molecular formula is C36H42F3N3. The zero-order valence-corrected chi connectivity index (χ0v) is 24.8. The normalized spacial score (nSPS) is 15.3. The first kappa shape index (κ1) is 30.1. The maximum atomic E-state index is 13.7. The third-order valence-corrected chi connectivity index (χ3v) is 8.62. The number of benzene rings is 3. The molecule has 1 aromatic heterocycles. The SMILES string of the molecule is CCCCn1c(-c2ccccc2)nc(-c2ccccc2)c1[C@@H](C)N(Cc1cccc(C(F)(F)F)c1)CC1CCCCC1. The predicted molar refractivity (Wildman–Crippen MR) is 165 cm³/mol. The number of aromatic nitrogens is 2. The number of halogens is 3.